The summed E-state index contributed by atoms with van der Waals surface area (Å²) >= 11 is 0. The molecular formula is C10H17NO2. The summed E-state index contributed by atoms with van der Waals surface area (Å²) in [5, 5.41) is 8.78. The van der Waals surface area contributed by atoms with Gasteiger partial charge in [0.2, 0.25) is 0 Å². The first-order valence-corrected chi connectivity index (χ1v) is 4.77. The van der Waals surface area contributed by atoms with E-state index >= 15 is 0 Å². The number of hydrogen-bond donors (Lipinski definition) is 1. The van der Waals surface area contributed by atoms with E-state index in [-0.39, 0.29) is 0 Å². The van der Waals surface area contributed by atoms with Crippen LogP contribution in [0.4, 0.5) is 0 Å². The first kappa shape index (κ1) is 10.3. The lowest BCUT2D eigenvalue weighted by Gasteiger charge is -2.30. The van der Waals surface area contributed by atoms with E-state index in [1.54, 1.807) is 0 Å². The Hall–Kier alpha value is -0.830. The largest absolute Gasteiger partial charge is 0.478 e. The maximum atomic E-state index is 10.7. The fourth-order valence-corrected chi connectivity index (χ4v) is 1.75. The molecule has 0 aromatic carbocycles. The van der Waals surface area contributed by atoms with Crippen molar-refractivity contribution < 1.29 is 9.90 Å². The Labute approximate surface area is 79.0 Å². The van der Waals surface area contributed by atoms with Gasteiger partial charge in [-0.3, -0.25) is 4.90 Å². The van der Waals surface area contributed by atoms with Gasteiger partial charge in [-0.2, -0.15) is 0 Å². The van der Waals surface area contributed by atoms with Crippen LogP contribution in [0, 0.1) is 0 Å². The molecule has 0 amide bonds. The summed E-state index contributed by atoms with van der Waals surface area (Å²) in [5.41, 5.74) is 0.537. The van der Waals surface area contributed by atoms with Crippen LogP contribution in [0.2, 0.25) is 0 Å². The molecule has 13 heavy (non-hydrogen) atoms. The van der Waals surface area contributed by atoms with E-state index in [0.717, 1.165) is 19.3 Å². The summed E-state index contributed by atoms with van der Waals surface area (Å²) in [6.45, 7) is 2.74. The van der Waals surface area contributed by atoms with Gasteiger partial charge < -0.3 is 5.11 Å². The number of carboxylic acid groups (broad SMARTS) is 1. The summed E-state index contributed by atoms with van der Waals surface area (Å²) < 4.78 is 0. The maximum Gasteiger partial charge on any atom is 0.332 e. The van der Waals surface area contributed by atoms with Crippen molar-refractivity contribution in [3.8, 4) is 0 Å². The number of carboxylic acids is 1. The lowest BCUT2D eigenvalue weighted by atomic mass is 10.00. The van der Waals surface area contributed by atoms with Crippen LogP contribution in [0.25, 0.3) is 0 Å². The minimum absolute atomic E-state index is 0.535. The summed E-state index contributed by atoms with van der Waals surface area (Å²) in [6.07, 6.45) is 5.06. The fourth-order valence-electron chi connectivity index (χ4n) is 1.75. The Morgan fingerprint density at radius 1 is 1.77 bits per heavy atom. The van der Waals surface area contributed by atoms with E-state index in [9.17, 15) is 4.79 Å². The molecule has 1 unspecified atom stereocenters. The molecule has 0 aromatic rings. The van der Waals surface area contributed by atoms with Gasteiger partial charge in [-0.25, -0.2) is 4.79 Å². The summed E-state index contributed by atoms with van der Waals surface area (Å²) in [5.74, 6) is -0.776. The monoisotopic (exact) mass is 183 g/mol. The molecule has 0 radical (unpaired) electrons. The van der Waals surface area contributed by atoms with Crippen LogP contribution in [0.5, 0.6) is 0 Å². The molecule has 1 aliphatic rings. The number of nitrogens with zero attached hydrogens (tertiary/aromatic N) is 1. The van der Waals surface area contributed by atoms with Crippen LogP contribution in [-0.4, -0.2) is 35.6 Å². The Morgan fingerprint density at radius 3 is 2.92 bits per heavy atom. The normalized spacial score (nSPS) is 24.2. The first-order chi connectivity index (χ1) is 6.15. The highest BCUT2D eigenvalue weighted by atomic mass is 16.4. The molecule has 1 atom stereocenters. The Kier molecular flexibility index (Phi) is 3.48. The molecule has 0 saturated heterocycles. The van der Waals surface area contributed by atoms with Gasteiger partial charge in [0.25, 0.3) is 0 Å². The third-order valence-corrected chi connectivity index (χ3v) is 2.58. The molecule has 0 fully saturated rings. The summed E-state index contributed by atoms with van der Waals surface area (Å²) in [4.78, 5) is 12.8. The predicted molar refractivity (Wildman–Crippen MR) is 51.7 cm³/mol. The molecule has 3 heteroatoms. The van der Waals surface area contributed by atoms with Crippen molar-refractivity contribution in [2.45, 2.75) is 32.2 Å². The van der Waals surface area contributed by atoms with Gasteiger partial charge in [0, 0.05) is 18.2 Å². The van der Waals surface area contributed by atoms with Crippen molar-refractivity contribution in [1.82, 2.24) is 4.90 Å². The van der Waals surface area contributed by atoms with Crippen molar-refractivity contribution in [2.24, 2.45) is 0 Å². The zero-order valence-corrected chi connectivity index (χ0v) is 8.29. The summed E-state index contributed by atoms with van der Waals surface area (Å²) in [7, 11) is 2.00. The van der Waals surface area contributed by atoms with Crippen LogP contribution < -0.4 is 0 Å². The van der Waals surface area contributed by atoms with Crippen molar-refractivity contribution in [3.05, 3.63) is 11.6 Å². The highest BCUT2D eigenvalue weighted by molar-refractivity contribution is 5.87. The fraction of sp³-hybridized carbons (Fsp3) is 0.700. The predicted octanol–water partition coefficient (Wildman–Crippen LogP) is 1.50. The Bertz CT molecular complexity index is 223. The average molecular weight is 183 g/mol. The second-order valence-electron chi connectivity index (χ2n) is 3.63. The lowest BCUT2D eigenvalue weighted by Crippen LogP contribution is -2.37. The van der Waals surface area contributed by atoms with Crippen molar-refractivity contribution >= 4 is 5.97 Å². The van der Waals surface area contributed by atoms with Crippen molar-refractivity contribution in [3.63, 3.8) is 0 Å². The average Bonchev–Trinajstić information content (AvgIpc) is 2.08. The van der Waals surface area contributed by atoms with Gasteiger partial charge in [-0.15, -0.1) is 0 Å². The van der Waals surface area contributed by atoms with Crippen molar-refractivity contribution in [2.75, 3.05) is 13.6 Å². The van der Waals surface area contributed by atoms with Crippen LogP contribution >= 0.6 is 0 Å². The first-order valence-electron chi connectivity index (χ1n) is 4.77. The van der Waals surface area contributed by atoms with Gasteiger partial charge in [-0.05, 0) is 19.9 Å². The molecule has 1 N–H and O–H groups in total. The van der Waals surface area contributed by atoms with E-state index in [1.165, 1.54) is 0 Å². The van der Waals surface area contributed by atoms with Gasteiger partial charge in [-0.1, -0.05) is 19.4 Å². The molecule has 1 heterocycles. The molecule has 0 spiro atoms. The van der Waals surface area contributed by atoms with Crippen LogP contribution in [0.15, 0.2) is 11.6 Å². The minimum atomic E-state index is -0.776. The second-order valence-corrected chi connectivity index (χ2v) is 3.63. The second kappa shape index (κ2) is 4.42. The van der Waals surface area contributed by atoms with Crippen LogP contribution in [0.3, 0.4) is 0 Å². The van der Waals surface area contributed by atoms with Crippen LogP contribution in [-0.2, 0) is 4.79 Å². The number of hydrogen-bond acceptors (Lipinski definition) is 2. The molecule has 74 valence electrons. The van der Waals surface area contributed by atoms with E-state index in [4.69, 9.17) is 5.11 Å². The summed E-state index contributed by atoms with van der Waals surface area (Å²) in [6, 6.07) is 0.535. The third-order valence-electron chi connectivity index (χ3n) is 2.58. The van der Waals surface area contributed by atoms with Crippen molar-refractivity contribution in [1.29, 1.82) is 0 Å². The topological polar surface area (TPSA) is 40.5 Å². The molecule has 0 saturated carbocycles. The van der Waals surface area contributed by atoms with Crippen LogP contribution in [0.1, 0.15) is 26.2 Å². The SMILES string of the molecule is CCCC1CC=C(C(=O)O)CN1C. The molecule has 0 aromatic heterocycles. The quantitative estimate of drug-likeness (QED) is 0.721. The zero-order chi connectivity index (χ0) is 9.84. The molecule has 1 aliphatic heterocycles. The van der Waals surface area contributed by atoms with E-state index in [0.29, 0.717) is 18.2 Å². The standard InChI is InChI=1S/C10H17NO2/c1-3-4-9-6-5-8(10(12)13)7-11(9)2/h5,9H,3-4,6-7H2,1-2H3,(H,12,13). The molecule has 0 aliphatic carbocycles. The number of aliphatic carboxylic acids is 1. The van der Waals surface area contributed by atoms with Gasteiger partial charge in [0.15, 0.2) is 0 Å². The Balaban J connectivity index is 2.57. The molecule has 0 bridgehead atoms. The number of carbonyl (C=O) groups is 1. The number of likely N-dealkylation sites (N-methyl/N-ethyl adjacent to an activating group) is 1. The van der Waals surface area contributed by atoms with E-state index < -0.39 is 5.97 Å². The lowest BCUT2D eigenvalue weighted by molar-refractivity contribution is -0.133. The van der Waals surface area contributed by atoms with E-state index in [2.05, 4.69) is 11.8 Å². The van der Waals surface area contributed by atoms with Gasteiger partial charge in [0.1, 0.15) is 0 Å². The number of rotatable bonds is 3. The smallest absolute Gasteiger partial charge is 0.332 e. The van der Waals surface area contributed by atoms with E-state index in [1.807, 2.05) is 13.1 Å². The highest BCUT2D eigenvalue weighted by Crippen LogP contribution is 2.18. The van der Waals surface area contributed by atoms with Gasteiger partial charge >= 0.3 is 5.97 Å². The minimum Gasteiger partial charge on any atom is -0.478 e. The highest BCUT2D eigenvalue weighted by Gasteiger charge is 2.21. The zero-order valence-electron chi connectivity index (χ0n) is 8.29. The Morgan fingerprint density at radius 2 is 2.46 bits per heavy atom. The molecule has 1 rings (SSSR count). The molecular weight excluding hydrogens is 166 g/mol. The van der Waals surface area contributed by atoms with Gasteiger partial charge in [0.05, 0.1) is 0 Å². The maximum absolute atomic E-state index is 10.7. The third kappa shape index (κ3) is 2.56. The molecule has 3 nitrogen and oxygen atoms in total.